The van der Waals surface area contributed by atoms with Crippen LogP contribution in [0.4, 0.5) is 5.69 Å². The Kier molecular flexibility index (Phi) is 4.01. The van der Waals surface area contributed by atoms with Crippen LogP contribution in [0, 0.1) is 10.1 Å². The third-order valence-corrected chi connectivity index (χ3v) is 2.78. The number of halogens is 1. The van der Waals surface area contributed by atoms with Gasteiger partial charge in [0, 0.05) is 22.0 Å². The molecule has 1 rings (SSSR count). The van der Waals surface area contributed by atoms with E-state index in [1.54, 1.807) is 0 Å². The molecule has 0 unspecified atom stereocenters. The lowest BCUT2D eigenvalue weighted by atomic mass is 9.85. The van der Waals surface area contributed by atoms with Gasteiger partial charge < -0.3 is 4.84 Å². The molecule has 1 aromatic rings. The summed E-state index contributed by atoms with van der Waals surface area (Å²) in [6, 6.07) is 4.82. The lowest BCUT2D eigenvalue weighted by Crippen LogP contribution is -2.26. The maximum Gasteiger partial charge on any atom is 0.270 e. The molecular formula is C10H13BrN2O3. The van der Waals surface area contributed by atoms with Gasteiger partial charge in [0.05, 0.1) is 11.5 Å². The van der Waals surface area contributed by atoms with Crippen molar-refractivity contribution in [1.82, 2.24) is 0 Å². The van der Waals surface area contributed by atoms with E-state index in [9.17, 15) is 10.1 Å². The first-order valence-corrected chi connectivity index (χ1v) is 5.43. The number of nitro groups is 1. The summed E-state index contributed by atoms with van der Waals surface area (Å²) in [6.07, 6.45) is 0. The molecule has 88 valence electrons. The molecule has 0 amide bonds. The average molecular weight is 289 g/mol. The Labute approximate surface area is 102 Å². The molecule has 0 aliphatic carbocycles. The molecule has 1 aromatic carbocycles. The summed E-state index contributed by atoms with van der Waals surface area (Å²) in [5.74, 6) is 5.04. The first-order valence-electron chi connectivity index (χ1n) is 4.64. The molecule has 5 nitrogen and oxygen atoms in total. The fraction of sp³-hybridized carbons (Fsp3) is 0.400. The van der Waals surface area contributed by atoms with Crippen molar-refractivity contribution in [3.8, 4) is 0 Å². The normalized spacial score (nSPS) is 11.5. The number of nitro benzene ring substituents is 1. The number of rotatable bonds is 4. The highest BCUT2D eigenvalue weighted by Crippen LogP contribution is 2.30. The quantitative estimate of drug-likeness (QED) is 0.682. The van der Waals surface area contributed by atoms with Gasteiger partial charge in [-0.15, -0.1) is 0 Å². The van der Waals surface area contributed by atoms with Crippen LogP contribution in [0.15, 0.2) is 22.7 Å². The summed E-state index contributed by atoms with van der Waals surface area (Å²) < 4.78 is 0.668. The number of non-ortho nitro benzene ring substituents is 1. The van der Waals surface area contributed by atoms with Crippen molar-refractivity contribution in [3.63, 3.8) is 0 Å². The molecule has 6 heteroatoms. The molecule has 0 aliphatic rings. The zero-order valence-electron chi connectivity index (χ0n) is 9.07. The summed E-state index contributed by atoms with van der Waals surface area (Å²) >= 11 is 3.25. The second-order valence-electron chi connectivity index (χ2n) is 4.15. The Bertz CT molecular complexity index is 407. The minimum atomic E-state index is -0.423. The molecule has 0 bridgehead atoms. The van der Waals surface area contributed by atoms with Gasteiger partial charge in [-0.05, 0) is 11.6 Å². The van der Waals surface area contributed by atoms with Gasteiger partial charge in [-0.25, -0.2) is 5.90 Å². The lowest BCUT2D eigenvalue weighted by molar-refractivity contribution is -0.385. The van der Waals surface area contributed by atoms with Crippen LogP contribution in [-0.4, -0.2) is 11.5 Å². The van der Waals surface area contributed by atoms with Crippen molar-refractivity contribution in [3.05, 3.63) is 38.3 Å². The third-order valence-electron chi connectivity index (χ3n) is 2.32. The minimum absolute atomic E-state index is 0.0504. The predicted molar refractivity (Wildman–Crippen MR) is 64.0 cm³/mol. The maximum absolute atomic E-state index is 10.7. The fourth-order valence-corrected chi connectivity index (χ4v) is 1.84. The van der Waals surface area contributed by atoms with E-state index in [1.807, 2.05) is 19.9 Å². The van der Waals surface area contributed by atoms with Crippen LogP contribution < -0.4 is 5.90 Å². The van der Waals surface area contributed by atoms with Crippen molar-refractivity contribution in [2.45, 2.75) is 19.3 Å². The molecule has 0 spiro atoms. The summed E-state index contributed by atoms with van der Waals surface area (Å²) in [5.41, 5.74) is 0.483. The zero-order chi connectivity index (χ0) is 12.3. The van der Waals surface area contributed by atoms with Gasteiger partial charge in [-0.1, -0.05) is 29.8 Å². The maximum atomic E-state index is 10.7. The average Bonchev–Trinajstić information content (AvgIpc) is 2.16. The first-order chi connectivity index (χ1) is 7.36. The van der Waals surface area contributed by atoms with Crippen molar-refractivity contribution >= 4 is 21.6 Å². The van der Waals surface area contributed by atoms with Gasteiger partial charge in [0.2, 0.25) is 0 Å². The van der Waals surface area contributed by atoms with Crippen molar-refractivity contribution in [2.24, 2.45) is 5.90 Å². The summed E-state index contributed by atoms with van der Waals surface area (Å²) in [4.78, 5) is 14.9. The van der Waals surface area contributed by atoms with Crippen LogP contribution in [0.1, 0.15) is 19.4 Å². The van der Waals surface area contributed by atoms with Crippen LogP contribution in [0.5, 0.6) is 0 Å². The zero-order valence-corrected chi connectivity index (χ0v) is 10.7. The van der Waals surface area contributed by atoms with Crippen LogP contribution in [0.2, 0.25) is 0 Å². The molecule has 0 saturated carbocycles. The monoisotopic (exact) mass is 288 g/mol. The Morgan fingerprint density at radius 1 is 1.50 bits per heavy atom. The second-order valence-corrected chi connectivity index (χ2v) is 5.07. The number of hydrogen-bond donors (Lipinski definition) is 1. The van der Waals surface area contributed by atoms with E-state index < -0.39 is 4.92 Å². The van der Waals surface area contributed by atoms with Gasteiger partial charge in [0.1, 0.15) is 0 Å². The molecule has 0 aromatic heterocycles. The van der Waals surface area contributed by atoms with Crippen LogP contribution in [-0.2, 0) is 10.3 Å². The van der Waals surface area contributed by atoms with E-state index in [-0.39, 0.29) is 11.1 Å². The molecule has 0 saturated heterocycles. The van der Waals surface area contributed by atoms with Gasteiger partial charge in [0.15, 0.2) is 0 Å². The van der Waals surface area contributed by atoms with Gasteiger partial charge in [0.25, 0.3) is 5.69 Å². The smallest absolute Gasteiger partial charge is 0.270 e. The van der Waals surface area contributed by atoms with E-state index >= 15 is 0 Å². The summed E-state index contributed by atoms with van der Waals surface area (Å²) in [7, 11) is 0. The third kappa shape index (κ3) is 3.01. The largest absolute Gasteiger partial charge is 0.304 e. The van der Waals surface area contributed by atoms with Crippen LogP contribution >= 0.6 is 15.9 Å². The Morgan fingerprint density at radius 2 is 2.12 bits per heavy atom. The van der Waals surface area contributed by atoms with Crippen LogP contribution in [0.25, 0.3) is 0 Å². The Balaban J connectivity index is 3.19. The Hall–Kier alpha value is -0.980. The summed E-state index contributed by atoms with van der Waals surface area (Å²) in [5, 5.41) is 10.7. The second kappa shape index (κ2) is 4.90. The van der Waals surface area contributed by atoms with E-state index in [4.69, 9.17) is 5.90 Å². The molecular weight excluding hydrogens is 276 g/mol. The summed E-state index contributed by atoms with van der Waals surface area (Å²) in [6.45, 7) is 4.11. The molecule has 2 N–H and O–H groups in total. The first kappa shape index (κ1) is 13.1. The molecule has 0 atom stereocenters. The fourth-order valence-electron chi connectivity index (χ4n) is 1.36. The number of hydrogen-bond acceptors (Lipinski definition) is 4. The standard InChI is InChI=1S/C10H13BrN2O3/c1-10(2,6-16-12)7-3-8(11)5-9(4-7)13(14)15/h3-5H,6,12H2,1-2H3. The molecule has 0 radical (unpaired) electrons. The van der Waals surface area contributed by atoms with Crippen molar-refractivity contribution in [1.29, 1.82) is 0 Å². The number of nitrogens with zero attached hydrogens (tertiary/aromatic N) is 1. The highest BCUT2D eigenvalue weighted by atomic mass is 79.9. The van der Waals surface area contributed by atoms with Crippen LogP contribution in [0.3, 0.4) is 0 Å². The highest BCUT2D eigenvalue weighted by molar-refractivity contribution is 9.10. The van der Waals surface area contributed by atoms with Gasteiger partial charge in [-0.2, -0.15) is 0 Å². The predicted octanol–water partition coefficient (Wildman–Crippen LogP) is 2.53. The Morgan fingerprint density at radius 3 is 2.62 bits per heavy atom. The van der Waals surface area contributed by atoms with E-state index in [0.29, 0.717) is 11.1 Å². The van der Waals surface area contributed by atoms with E-state index in [2.05, 4.69) is 20.8 Å². The molecule has 0 heterocycles. The molecule has 0 aliphatic heterocycles. The minimum Gasteiger partial charge on any atom is -0.304 e. The number of nitrogens with two attached hydrogens (primary N) is 1. The van der Waals surface area contributed by atoms with E-state index in [1.165, 1.54) is 12.1 Å². The van der Waals surface area contributed by atoms with Gasteiger partial charge in [-0.3, -0.25) is 10.1 Å². The van der Waals surface area contributed by atoms with Crippen molar-refractivity contribution in [2.75, 3.05) is 6.61 Å². The van der Waals surface area contributed by atoms with Crippen molar-refractivity contribution < 1.29 is 9.76 Å². The molecule has 0 fully saturated rings. The SMILES string of the molecule is CC(C)(CON)c1cc(Br)cc([N+](=O)[O-])c1. The van der Waals surface area contributed by atoms with Gasteiger partial charge >= 0.3 is 0 Å². The number of benzene rings is 1. The highest BCUT2D eigenvalue weighted by Gasteiger charge is 2.23. The lowest BCUT2D eigenvalue weighted by Gasteiger charge is -2.23. The topological polar surface area (TPSA) is 78.4 Å². The molecule has 16 heavy (non-hydrogen) atoms. The van der Waals surface area contributed by atoms with E-state index in [0.717, 1.165) is 5.56 Å².